The molecule has 1 N–H and O–H groups in total. The third-order valence-corrected chi connectivity index (χ3v) is 7.35. The minimum atomic E-state index is -0.430. The lowest BCUT2D eigenvalue weighted by Gasteiger charge is -2.20. The molecule has 0 aliphatic carbocycles. The zero-order valence-corrected chi connectivity index (χ0v) is 20.6. The Morgan fingerprint density at radius 1 is 1.19 bits per heavy atom. The van der Waals surface area contributed by atoms with Crippen molar-refractivity contribution in [3.8, 4) is 5.69 Å². The van der Waals surface area contributed by atoms with Gasteiger partial charge in [0.2, 0.25) is 5.17 Å². The Bertz CT molecular complexity index is 1220. The van der Waals surface area contributed by atoms with Crippen molar-refractivity contribution in [2.45, 2.75) is 40.5 Å². The second-order valence-electron chi connectivity index (χ2n) is 7.73. The summed E-state index contributed by atoms with van der Waals surface area (Å²) >= 11 is 14.0. The van der Waals surface area contributed by atoms with Gasteiger partial charge in [-0.2, -0.15) is 15.1 Å². The highest BCUT2D eigenvalue weighted by molar-refractivity contribution is 8.27. The zero-order chi connectivity index (χ0) is 23.2. The third kappa shape index (κ3) is 3.93. The van der Waals surface area contributed by atoms with E-state index in [1.54, 1.807) is 24.3 Å². The third-order valence-electron chi connectivity index (χ3n) is 5.72. The zero-order valence-electron chi connectivity index (χ0n) is 18.2. The molecule has 3 heterocycles. The Morgan fingerprint density at radius 3 is 2.59 bits per heavy atom. The summed E-state index contributed by atoms with van der Waals surface area (Å²) < 4.78 is 1.99. The van der Waals surface area contributed by atoms with Crippen LogP contribution in [-0.2, 0) is 4.79 Å². The van der Waals surface area contributed by atoms with Crippen LogP contribution in [0.5, 0.6) is 0 Å². The van der Waals surface area contributed by atoms with Gasteiger partial charge in [-0.1, -0.05) is 37.0 Å². The molecule has 2 aromatic rings. The van der Waals surface area contributed by atoms with E-state index in [4.69, 9.17) is 28.6 Å². The highest BCUT2D eigenvalue weighted by Crippen LogP contribution is 2.34. The van der Waals surface area contributed by atoms with Gasteiger partial charge in [-0.15, -0.1) is 0 Å². The van der Waals surface area contributed by atoms with E-state index in [-0.39, 0.29) is 11.4 Å². The van der Waals surface area contributed by atoms with E-state index in [2.05, 4.69) is 23.9 Å². The summed E-state index contributed by atoms with van der Waals surface area (Å²) in [6.07, 6.45) is 3.61. The molecular weight excluding hydrogens is 465 g/mol. The summed E-state index contributed by atoms with van der Waals surface area (Å²) in [5.74, 6) is -0.0932. The number of aliphatic imine (C=N–C) groups is 1. The summed E-state index contributed by atoms with van der Waals surface area (Å²) in [4.78, 5) is 17.0. The highest BCUT2D eigenvalue weighted by Gasteiger charge is 2.37. The number of carbonyl (C=O) groups excluding carboxylic acids is 1. The molecule has 0 fully saturated rings. The maximum absolute atomic E-state index is 12.8. The number of hydrazone groups is 1. The predicted molar refractivity (Wildman–Crippen MR) is 134 cm³/mol. The van der Waals surface area contributed by atoms with Gasteiger partial charge in [0.25, 0.3) is 5.91 Å². The largest absolute Gasteiger partial charge is 0.316 e. The lowest BCUT2D eigenvalue weighted by molar-refractivity contribution is -0.114. The van der Waals surface area contributed by atoms with Gasteiger partial charge in [0.15, 0.2) is 5.84 Å². The van der Waals surface area contributed by atoms with Crippen LogP contribution >= 0.6 is 35.0 Å². The summed E-state index contributed by atoms with van der Waals surface area (Å²) in [6, 6.07) is 7.26. The lowest BCUT2D eigenvalue weighted by atomic mass is 10.1. The van der Waals surface area contributed by atoms with Crippen molar-refractivity contribution in [3.05, 3.63) is 56.8 Å². The fraction of sp³-hybridized carbons (Fsp3) is 0.304. The Hall–Kier alpha value is -2.35. The molecule has 0 unspecified atom stereocenters. The van der Waals surface area contributed by atoms with Crippen LogP contribution < -0.4 is 0 Å². The van der Waals surface area contributed by atoms with Gasteiger partial charge in [0.05, 0.1) is 16.3 Å². The van der Waals surface area contributed by atoms with Crippen LogP contribution in [0, 0.1) is 25.2 Å². The van der Waals surface area contributed by atoms with Crippen molar-refractivity contribution in [1.82, 2.24) is 9.58 Å². The van der Waals surface area contributed by atoms with E-state index in [9.17, 15) is 4.79 Å². The number of halogens is 2. The highest BCUT2D eigenvalue weighted by atomic mass is 35.5. The number of amidine groups is 2. The van der Waals surface area contributed by atoms with E-state index in [0.29, 0.717) is 21.1 Å². The number of nitrogens with one attached hydrogen (secondary N) is 1. The molecule has 2 aliphatic heterocycles. The summed E-state index contributed by atoms with van der Waals surface area (Å²) in [7, 11) is 0. The maximum Gasteiger partial charge on any atom is 0.283 e. The number of amides is 1. The van der Waals surface area contributed by atoms with Gasteiger partial charge < -0.3 is 4.57 Å². The quantitative estimate of drug-likeness (QED) is 0.491. The van der Waals surface area contributed by atoms with Crippen LogP contribution in [0.3, 0.4) is 0 Å². The smallest absolute Gasteiger partial charge is 0.283 e. The van der Waals surface area contributed by atoms with E-state index in [1.165, 1.54) is 16.8 Å². The summed E-state index contributed by atoms with van der Waals surface area (Å²) in [5.41, 5.74) is 3.59. The van der Waals surface area contributed by atoms with E-state index < -0.39 is 5.91 Å². The Labute approximate surface area is 201 Å². The fourth-order valence-corrected chi connectivity index (χ4v) is 5.45. The van der Waals surface area contributed by atoms with Crippen LogP contribution in [0.2, 0.25) is 10.0 Å². The van der Waals surface area contributed by atoms with Crippen LogP contribution in [0.1, 0.15) is 43.6 Å². The van der Waals surface area contributed by atoms with Gasteiger partial charge in [0, 0.05) is 22.3 Å². The molecule has 0 spiro atoms. The number of carbonyl (C=O) groups is 1. The monoisotopic (exact) mass is 487 g/mol. The van der Waals surface area contributed by atoms with Crippen molar-refractivity contribution in [3.63, 3.8) is 0 Å². The molecule has 0 saturated heterocycles. The predicted octanol–water partition coefficient (Wildman–Crippen LogP) is 6.46. The Kier molecular flexibility index (Phi) is 6.34. The molecule has 0 bridgehead atoms. The Balaban J connectivity index is 1.74. The SMILES string of the molecule is CCC(CC)C1=NN2C(=N)C(=Cc3cc(C)n(-c4cc(Cl)ccc4Cl)c3C)C(=O)N=C2S1. The molecule has 0 saturated carbocycles. The average Bonchev–Trinajstić information content (AvgIpc) is 3.29. The fourth-order valence-electron chi connectivity index (χ4n) is 3.93. The van der Waals surface area contributed by atoms with Crippen molar-refractivity contribution >= 4 is 63.0 Å². The van der Waals surface area contributed by atoms with Crippen LogP contribution in [0.25, 0.3) is 11.8 Å². The van der Waals surface area contributed by atoms with Gasteiger partial charge in [-0.25, -0.2) is 0 Å². The number of thioether (sulfide) groups is 1. The minimum Gasteiger partial charge on any atom is -0.316 e. The number of hydrogen-bond acceptors (Lipinski definition) is 4. The molecule has 32 heavy (non-hydrogen) atoms. The van der Waals surface area contributed by atoms with E-state index >= 15 is 0 Å². The standard InChI is InChI=1S/C23H23Cl2N5OS/c1-5-14(6-2)22-28-30-20(26)17(21(31)27-23(30)32-22)10-15-9-12(3)29(13(15)4)19-11-16(24)7-8-18(19)25/h7-11,14,26H,5-6H2,1-4H3. The van der Waals surface area contributed by atoms with Crippen molar-refractivity contribution in [2.75, 3.05) is 0 Å². The number of aryl methyl sites for hydroxylation is 1. The van der Waals surface area contributed by atoms with Crippen molar-refractivity contribution in [2.24, 2.45) is 16.0 Å². The first-order valence-corrected chi connectivity index (χ1v) is 12.0. The minimum absolute atomic E-state index is 0.0408. The normalized spacial score (nSPS) is 17.3. The lowest BCUT2D eigenvalue weighted by Crippen LogP contribution is -2.35. The van der Waals surface area contributed by atoms with E-state index in [0.717, 1.165) is 40.5 Å². The van der Waals surface area contributed by atoms with Crippen LogP contribution in [0.4, 0.5) is 0 Å². The first-order valence-electron chi connectivity index (χ1n) is 10.4. The van der Waals surface area contributed by atoms with Crippen LogP contribution in [0.15, 0.2) is 39.9 Å². The molecule has 4 rings (SSSR count). The number of aromatic nitrogens is 1. The van der Waals surface area contributed by atoms with Crippen molar-refractivity contribution < 1.29 is 4.79 Å². The molecule has 9 heteroatoms. The molecule has 0 atom stereocenters. The van der Waals surface area contributed by atoms with Gasteiger partial charge in [0.1, 0.15) is 5.04 Å². The van der Waals surface area contributed by atoms with Gasteiger partial charge >= 0.3 is 0 Å². The molecule has 1 aromatic heterocycles. The molecule has 2 aliphatic rings. The first kappa shape index (κ1) is 22.8. The average molecular weight is 488 g/mol. The first-order chi connectivity index (χ1) is 15.2. The Morgan fingerprint density at radius 2 is 1.91 bits per heavy atom. The molecule has 166 valence electrons. The summed E-state index contributed by atoms with van der Waals surface area (Å²) in [5, 5.41) is 17.2. The number of rotatable bonds is 5. The topological polar surface area (TPSA) is 73.8 Å². The number of hydrogen-bond donors (Lipinski definition) is 1. The van der Waals surface area contributed by atoms with Gasteiger partial charge in [-0.3, -0.25) is 10.2 Å². The molecule has 1 aromatic carbocycles. The number of nitrogens with zero attached hydrogens (tertiary/aromatic N) is 4. The van der Waals surface area contributed by atoms with Crippen molar-refractivity contribution in [1.29, 1.82) is 5.41 Å². The number of benzene rings is 1. The molecular formula is C23H23Cl2N5OS. The van der Waals surface area contributed by atoms with Crippen LogP contribution in [-0.4, -0.2) is 31.5 Å². The van der Waals surface area contributed by atoms with E-state index in [1.807, 2.05) is 24.5 Å². The molecule has 1 amide bonds. The maximum atomic E-state index is 12.8. The van der Waals surface area contributed by atoms with Gasteiger partial charge in [-0.05, 0) is 74.4 Å². The second kappa shape index (κ2) is 8.89. The molecule has 0 radical (unpaired) electrons. The molecule has 6 nitrogen and oxygen atoms in total. The summed E-state index contributed by atoms with van der Waals surface area (Å²) in [6.45, 7) is 8.12. The number of fused-ring (bicyclic) bond motifs is 1. The second-order valence-corrected chi connectivity index (χ2v) is 9.56.